The lowest BCUT2D eigenvalue weighted by atomic mass is 9.45. The van der Waals surface area contributed by atoms with Crippen molar-refractivity contribution < 1.29 is 42.4 Å². The first-order valence-corrected chi connectivity index (χ1v) is 12.0. The fraction of sp³-hybridized carbons (Fsp3) is 0.714. The molecule has 7 nitrogen and oxygen atoms in total. The van der Waals surface area contributed by atoms with Gasteiger partial charge in [0.25, 0.3) is 0 Å². The SMILES string of the molecule is CC12CC(O)[C@@]3(F)[C@@H](C[C@H](F)C4=CC(=O)C=CC43C)C1CC[C@@H]2C(=O)COP(=O)(O)O. The van der Waals surface area contributed by atoms with Crippen molar-refractivity contribution in [1.29, 1.82) is 0 Å². The number of carbonyl (C=O) groups excluding carboxylic acids is 2. The summed E-state index contributed by atoms with van der Waals surface area (Å²) in [6, 6.07) is 0. The third-order valence-corrected chi connectivity index (χ3v) is 8.85. The first kappa shape index (κ1) is 22.9. The lowest BCUT2D eigenvalue weighted by molar-refractivity contribution is -0.202. The summed E-state index contributed by atoms with van der Waals surface area (Å²) in [4.78, 5) is 42.3. The van der Waals surface area contributed by atoms with Crippen molar-refractivity contribution in [2.45, 2.75) is 57.5 Å². The average Bonchev–Trinajstić information content (AvgIpc) is 3.00. The van der Waals surface area contributed by atoms with Gasteiger partial charge in [0, 0.05) is 17.3 Å². The van der Waals surface area contributed by atoms with Crippen molar-refractivity contribution in [3.8, 4) is 0 Å². The molecule has 4 unspecified atom stereocenters. The standard InChI is InChI=1S/C21H27F2O7P/c1-19-9-18(26)21(23)14(8-16(22)15-7-11(24)5-6-20(15,21)2)12(19)3-4-13(19)17(25)10-30-31(27,28)29/h5-7,12-14,16,18,26H,3-4,8-10H2,1-2H3,(H2,27,28,29)/t12?,13-,14+,16+,18?,19?,20?,21+/m1/s1. The molecule has 0 radical (unpaired) electrons. The van der Waals surface area contributed by atoms with Gasteiger partial charge in [0.1, 0.15) is 12.8 Å². The Hall–Kier alpha value is -1.25. The predicted octanol–water partition coefficient (Wildman–Crippen LogP) is 2.60. The normalized spacial score (nSPS) is 46.7. The summed E-state index contributed by atoms with van der Waals surface area (Å²) in [5.41, 5.74) is -4.50. The zero-order valence-corrected chi connectivity index (χ0v) is 18.2. The number of Topliss-reactive ketones (excluding diaryl/α,β-unsaturated/α-hetero) is 1. The van der Waals surface area contributed by atoms with Crippen LogP contribution in [-0.2, 0) is 18.7 Å². The maximum absolute atomic E-state index is 16.8. The average molecular weight is 460 g/mol. The second-order valence-electron chi connectivity index (χ2n) is 9.81. The molecule has 4 rings (SSSR count). The molecule has 0 spiro atoms. The maximum atomic E-state index is 16.8. The van der Waals surface area contributed by atoms with Gasteiger partial charge >= 0.3 is 7.82 Å². The Kier molecular flexibility index (Phi) is 5.27. The van der Waals surface area contributed by atoms with Crippen molar-refractivity contribution in [2.75, 3.05) is 6.61 Å². The number of rotatable bonds is 4. The summed E-state index contributed by atoms with van der Waals surface area (Å²) in [7, 11) is -4.82. The molecule has 10 heteroatoms. The molecule has 0 saturated heterocycles. The molecule has 3 N–H and O–H groups in total. The molecular weight excluding hydrogens is 433 g/mol. The van der Waals surface area contributed by atoms with E-state index >= 15 is 8.78 Å². The van der Waals surface area contributed by atoms with Crippen LogP contribution in [-0.4, -0.2) is 51.0 Å². The smallest absolute Gasteiger partial charge is 0.390 e. The molecule has 0 aromatic rings. The first-order valence-electron chi connectivity index (χ1n) is 10.4. The number of carbonyl (C=O) groups is 2. The van der Waals surface area contributed by atoms with Crippen LogP contribution in [0.1, 0.15) is 39.5 Å². The molecule has 3 saturated carbocycles. The third kappa shape index (κ3) is 3.23. The largest absolute Gasteiger partial charge is 0.470 e. The quantitative estimate of drug-likeness (QED) is 0.552. The van der Waals surface area contributed by atoms with E-state index in [0.717, 1.165) is 6.08 Å². The van der Waals surface area contributed by atoms with Crippen molar-refractivity contribution in [2.24, 2.45) is 28.6 Å². The first-order chi connectivity index (χ1) is 14.2. The second-order valence-corrected chi connectivity index (χ2v) is 11.0. The highest BCUT2D eigenvalue weighted by Gasteiger charge is 2.72. The van der Waals surface area contributed by atoms with Crippen LogP contribution < -0.4 is 0 Å². The van der Waals surface area contributed by atoms with E-state index in [9.17, 15) is 19.3 Å². The Balaban J connectivity index is 1.69. The van der Waals surface area contributed by atoms with E-state index in [1.165, 1.54) is 19.1 Å². The number of aliphatic hydroxyl groups is 1. The molecule has 8 atom stereocenters. The number of hydrogen-bond acceptors (Lipinski definition) is 5. The van der Waals surface area contributed by atoms with Gasteiger partial charge in [0.15, 0.2) is 17.2 Å². The van der Waals surface area contributed by atoms with Gasteiger partial charge in [-0.15, -0.1) is 0 Å². The molecule has 0 aliphatic heterocycles. The van der Waals surface area contributed by atoms with Crippen LogP contribution in [0.15, 0.2) is 23.8 Å². The minimum Gasteiger partial charge on any atom is -0.390 e. The number of phosphoric ester groups is 1. The number of halogens is 2. The molecule has 31 heavy (non-hydrogen) atoms. The summed E-state index contributed by atoms with van der Waals surface area (Å²) < 4.78 is 47.4. The minimum absolute atomic E-state index is 0.0436. The Labute approximate surface area is 178 Å². The highest BCUT2D eigenvalue weighted by Crippen LogP contribution is 2.69. The summed E-state index contributed by atoms with van der Waals surface area (Å²) >= 11 is 0. The number of ketones is 2. The third-order valence-electron chi connectivity index (χ3n) is 8.39. The summed E-state index contributed by atoms with van der Waals surface area (Å²) in [5.74, 6) is -2.91. The maximum Gasteiger partial charge on any atom is 0.470 e. The Morgan fingerprint density at radius 2 is 1.97 bits per heavy atom. The van der Waals surface area contributed by atoms with Crippen molar-refractivity contribution in [1.82, 2.24) is 0 Å². The molecule has 0 bridgehead atoms. The van der Waals surface area contributed by atoms with E-state index in [1.807, 2.05) is 0 Å². The van der Waals surface area contributed by atoms with Crippen LogP contribution in [0.2, 0.25) is 0 Å². The molecule has 0 aromatic heterocycles. The zero-order valence-electron chi connectivity index (χ0n) is 17.3. The number of allylic oxidation sites excluding steroid dienone is 4. The van der Waals surface area contributed by atoms with E-state index in [0.29, 0.717) is 12.8 Å². The Morgan fingerprint density at radius 1 is 1.29 bits per heavy atom. The highest BCUT2D eigenvalue weighted by molar-refractivity contribution is 7.46. The Morgan fingerprint density at radius 3 is 2.61 bits per heavy atom. The van der Waals surface area contributed by atoms with Crippen LogP contribution in [0.3, 0.4) is 0 Å². The lowest BCUT2D eigenvalue weighted by Crippen LogP contribution is -2.68. The minimum atomic E-state index is -4.82. The van der Waals surface area contributed by atoms with Gasteiger partial charge in [-0.2, -0.15) is 0 Å². The number of phosphoric acid groups is 1. The van der Waals surface area contributed by atoms with Gasteiger partial charge in [0.05, 0.1) is 6.10 Å². The molecule has 172 valence electrons. The molecule has 4 aliphatic carbocycles. The summed E-state index contributed by atoms with van der Waals surface area (Å²) in [5, 5.41) is 11.1. The molecule has 3 fully saturated rings. The highest BCUT2D eigenvalue weighted by atomic mass is 31.2. The van der Waals surface area contributed by atoms with Crippen LogP contribution in [0, 0.1) is 28.6 Å². The van der Waals surface area contributed by atoms with Crippen LogP contribution >= 0.6 is 7.82 Å². The van der Waals surface area contributed by atoms with Gasteiger partial charge in [-0.25, -0.2) is 13.3 Å². The van der Waals surface area contributed by atoms with Crippen molar-refractivity contribution in [3.63, 3.8) is 0 Å². The van der Waals surface area contributed by atoms with E-state index in [1.54, 1.807) is 6.92 Å². The van der Waals surface area contributed by atoms with Gasteiger partial charge < -0.3 is 14.9 Å². The number of alkyl halides is 2. The van der Waals surface area contributed by atoms with Gasteiger partial charge in [-0.3, -0.25) is 14.1 Å². The topological polar surface area (TPSA) is 121 Å². The van der Waals surface area contributed by atoms with Gasteiger partial charge in [-0.05, 0) is 61.7 Å². The second kappa shape index (κ2) is 7.12. The number of fused-ring (bicyclic) bond motifs is 5. The van der Waals surface area contributed by atoms with E-state index in [-0.39, 0.29) is 18.4 Å². The monoisotopic (exact) mass is 460 g/mol. The van der Waals surface area contributed by atoms with E-state index < -0.39 is 72.5 Å². The number of hydrogen-bond donors (Lipinski definition) is 3. The number of aliphatic hydroxyl groups excluding tert-OH is 1. The van der Waals surface area contributed by atoms with Gasteiger partial charge in [0.2, 0.25) is 0 Å². The van der Waals surface area contributed by atoms with Crippen molar-refractivity contribution in [3.05, 3.63) is 23.8 Å². The predicted molar refractivity (Wildman–Crippen MR) is 105 cm³/mol. The summed E-state index contributed by atoms with van der Waals surface area (Å²) in [6.07, 6.45) is 1.16. The van der Waals surface area contributed by atoms with Crippen LogP contribution in [0.5, 0.6) is 0 Å². The fourth-order valence-electron chi connectivity index (χ4n) is 6.98. The fourth-order valence-corrected chi connectivity index (χ4v) is 7.27. The molecule has 0 heterocycles. The van der Waals surface area contributed by atoms with Crippen LogP contribution in [0.25, 0.3) is 0 Å². The van der Waals surface area contributed by atoms with Crippen molar-refractivity contribution >= 4 is 19.4 Å². The van der Waals surface area contributed by atoms with E-state index in [4.69, 9.17) is 9.79 Å². The molecule has 0 aromatic carbocycles. The molecule has 4 aliphatic rings. The van der Waals surface area contributed by atoms with Crippen LogP contribution in [0.4, 0.5) is 8.78 Å². The zero-order chi connectivity index (χ0) is 23.0. The summed E-state index contributed by atoms with van der Waals surface area (Å²) in [6.45, 7) is 2.49. The lowest BCUT2D eigenvalue weighted by Gasteiger charge is -2.62. The van der Waals surface area contributed by atoms with Gasteiger partial charge in [-0.1, -0.05) is 13.0 Å². The van der Waals surface area contributed by atoms with E-state index in [2.05, 4.69) is 4.52 Å². The molecular formula is C21H27F2O7P. The molecule has 0 amide bonds. The Bertz CT molecular complexity index is 929.